The van der Waals surface area contributed by atoms with Crippen molar-refractivity contribution in [3.63, 3.8) is 0 Å². The highest BCUT2D eigenvalue weighted by molar-refractivity contribution is 6.30. The average molecular weight is 297 g/mol. The first-order chi connectivity index (χ1) is 9.43. The van der Waals surface area contributed by atoms with E-state index in [1.807, 2.05) is 13.8 Å². The molecule has 1 aromatic carbocycles. The minimum atomic E-state index is -0.329. The molecule has 5 heteroatoms. The molecule has 2 N–H and O–H groups in total. The Morgan fingerprint density at radius 3 is 2.65 bits per heavy atom. The van der Waals surface area contributed by atoms with Gasteiger partial charge in [0.05, 0.1) is 25.2 Å². The molecule has 1 rings (SSSR count). The molecule has 0 unspecified atom stereocenters. The number of halogens is 1. The molecule has 0 heterocycles. The van der Waals surface area contributed by atoms with Crippen molar-refractivity contribution in [3.8, 4) is 17.6 Å². The van der Waals surface area contributed by atoms with Gasteiger partial charge in [-0.25, -0.2) is 0 Å². The van der Waals surface area contributed by atoms with Gasteiger partial charge in [0.2, 0.25) is 0 Å². The minimum absolute atomic E-state index is 0.329. The molecule has 0 saturated heterocycles. The molecule has 20 heavy (non-hydrogen) atoms. The molecule has 0 saturated carbocycles. The van der Waals surface area contributed by atoms with Gasteiger partial charge in [0, 0.05) is 23.2 Å². The van der Waals surface area contributed by atoms with Crippen LogP contribution in [0, 0.1) is 16.7 Å². The summed E-state index contributed by atoms with van der Waals surface area (Å²) in [6.07, 6.45) is 1.56. The van der Waals surface area contributed by atoms with Crippen LogP contribution in [0.3, 0.4) is 0 Å². The summed E-state index contributed by atoms with van der Waals surface area (Å²) in [4.78, 5) is 0. The Balaban J connectivity index is 2.70. The number of nitriles is 1. The third kappa shape index (κ3) is 4.59. The van der Waals surface area contributed by atoms with Crippen molar-refractivity contribution in [2.24, 2.45) is 11.1 Å². The summed E-state index contributed by atoms with van der Waals surface area (Å²) >= 11 is 5.99. The van der Waals surface area contributed by atoms with Crippen LogP contribution >= 0.6 is 11.6 Å². The van der Waals surface area contributed by atoms with Crippen molar-refractivity contribution >= 4 is 11.6 Å². The average Bonchev–Trinajstić information content (AvgIpc) is 2.43. The van der Waals surface area contributed by atoms with Crippen LogP contribution in [0.15, 0.2) is 12.1 Å². The van der Waals surface area contributed by atoms with Crippen LogP contribution in [0.4, 0.5) is 0 Å². The third-order valence-corrected chi connectivity index (χ3v) is 3.25. The monoisotopic (exact) mass is 296 g/mol. The van der Waals surface area contributed by atoms with Gasteiger partial charge >= 0.3 is 0 Å². The molecular formula is C15H21ClN2O2. The highest BCUT2D eigenvalue weighted by Gasteiger charge is 2.17. The molecule has 0 fully saturated rings. The van der Waals surface area contributed by atoms with E-state index in [9.17, 15) is 0 Å². The fraction of sp³-hybridized carbons (Fsp3) is 0.533. The van der Waals surface area contributed by atoms with E-state index in [0.717, 1.165) is 18.4 Å². The molecule has 0 aliphatic heterocycles. The lowest BCUT2D eigenvalue weighted by molar-refractivity contribution is 0.267. The highest BCUT2D eigenvalue weighted by Crippen LogP contribution is 2.34. The summed E-state index contributed by atoms with van der Waals surface area (Å²) in [6, 6.07) is 5.75. The first-order valence-electron chi connectivity index (χ1n) is 6.54. The van der Waals surface area contributed by atoms with Crippen LogP contribution in [-0.2, 0) is 6.54 Å². The molecular weight excluding hydrogens is 276 g/mol. The third-order valence-electron chi connectivity index (χ3n) is 3.03. The Hall–Kier alpha value is -1.44. The van der Waals surface area contributed by atoms with Gasteiger partial charge in [-0.1, -0.05) is 11.6 Å². The predicted molar refractivity (Wildman–Crippen MR) is 80.0 cm³/mol. The van der Waals surface area contributed by atoms with Crippen LogP contribution in [0.2, 0.25) is 5.02 Å². The van der Waals surface area contributed by atoms with Gasteiger partial charge in [-0.3, -0.25) is 0 Å². The quantitative estimate of drug-likeness (QED) is 0.782. The zero-order valence-corrected chi connectivity index (χ0v) is 13.0. The number of methoxy groups -OCH3 is 1. The van der Waals surface area contributed by atoms with E-state index in [2.05, 4.69) is 6.07 Å². The second-order valence-corrected chi connectivity index (χ2v) is 5.68. The Labute approximate surface area is 125 Å². The van der Waals surface area contributed by atoms with Crippen LogP contribution < -0.4 is 15.2 Å². The number of nitrogens with two attached hydrogens (primary N) is 1. The fourth-order valence-electron chi connectivity index (χ4n) is 1.83. The lowest BCUT2D eigenvalue weighted by Gasteiger charge is -2.17. The summed E-state index contributed by atoms with van der Waals surface area (Å²) in [5.74, 6) is 1.21. The van der Waals surface area contributed by atoms with Gasteiger partial charge in [-0.2, -0.15) is 5.26 Å². The lowest BCUT2D eigenvalue weighted by atomic mass is 9.90. The fourth-order valence-corrected chi connectivity index (χ4v) is 2.06. The molecule has 0 radical (unpaired) electrons. The van der Waals surface area contributed by atoms with E-state index >= 15 is 0 Å². The second-order valence-electron chi connectivity index (χ2n) is 5.25. The number of nitrogens with zero attached hydrogens (tertiary/aromatic N) is 1. The van der Waals surface area contributed by atoms with Gasteiger partial charge in [-0.15, -0.1) is 0 Å². The van der Waals surface area contributed by atoms with Crippen molar-refractivity contribution < 1.29 is 9.47 Å². The molecule has 0 aliphatic rings. The van der Waals surface area contributed by atoms with Crippen molar-refractivity contribution in [2.75, 3.05) is 13.7 Å². The molecule has 0 aliphatic carbocycles. The second kappa shape index (κ2) is 7.37. The highest BCUT2D eigenvalue weighted by atomic mass is 35.5. The van der Waals surface area contributed by atoms with Crippen molar-refractivity contribution in [3.05, 3.63) is 22.7 Å². The van der Waals surface area contributed by atoms with Crippen LogP contribution in [-0.4, -0.2) is 13.7 Å². The Morgan fingerprint density at radius 2 is 2.10 bits per heavy atom. The number of ether oxygens (including phenoxy) is 2. The van der Waals surface area contributed by atoms with Gasteiger partial charge in [0.1, 0.15) is 0 Å². The molecule has 0 bridgehead atoms. The lowest BCUT2D eigenvalue weighted by Crippen LogP contribution is -2.11. The molecule has 0 aromatic heterocycles. The van der Waals surface area contributed by atoms with E-state index in [4.69, 9.17) is 32.1 Å². The van der Waals surface area contributed by atoms with Crippen molar-refractivity contribution in [2.45, 2.75) is 33.2 Å². The van der Waals surface area contributed by atoms with E-state index in [-0.39, 0.29) is 5.41 Å². The first-order valence-corrected chi connectivity index (χ1v) is 6.92. The summed E-state index contributed by atoms with van der Waals surface area (Å²) in [5, 5.41) is 9.53. The number of rotatable bonds is 7. The van der Waals surface area contributed by atoms with E-state index in [1.54, 1.807) is 19.2 Å². The van der Waals surface area contributed by atoms with Crippen molar-refractivity contribution in [1.29, 1.82) is 5.26 Å². The van der Waals surface area contributed by atoms with Crippen LogP contribution in [0.1, 0.15) is 32.3 Å². The molecule has 0 atom stereocenters. The van der Waals surface area contributed by atoms with E-state index in [1.165, 1.54) is 0 Å². The maximum atomic E-state index is 8.96. The normalized spacial score (nSPS) is 11.0. The standard InChI is InChI=1S/C15H21ClN2O2/c1-15(2,10-18)5-4-6-20-14-11(9-17)7-12(16)8-13(14)19-3/h7-8H,4-6,9,17H2,1-3H3. The first kappa shape index (κ1) is 16.6. The van der Waals surface area contributed by atoms with Crippen LogP contribution in [0.25, 0.3) is 0 Å². The summed E-state index contributed by atoms with van der Waals surface area (Å²) in [7, 11) is 1.57. The smallest absolute Gasteiger partial charge is 0.165 e. The zero-order chi connectivity index (χ0) is 15.2. The summed E-state index contributed by atoms with van der Waals surface area (Å²) < 4.78 is 11.0. The molecule has 0 spiro atoms. The van der Waals surface area contributed by atoms with E-state index in [0.29, 0.717) is 29.7 Å². The Bertz CT molecular complexity index is 470. The SMILES string of the molecule is COc1cc(Cl)cc(CN)c1OCCCC(C)(C)C#N. The van der Waals surface area contributed by atoms with Gasteiger partial charge in [0.25, 0.3) is 0 Å². The largest absolute Gasteiger partial charge is 0.493 e. The number of benzene rings is 1. The van der Waals surface area contributed by atoms with E-state index < -0.39 is 0 Å². The minimum Gasteiger partial charge on any atom is -0.493 e. The zero-order valence-electron chi connectivity index (χ0n) is 12.2. The van der Waals surface area contributed by atoms with Gasteiger partial charge < -0.3 is 15.2 Å². The van der Waals surface area contributed by atoms with Crippen LogP contribution in [0.5, 0.6) is 11.5 Å². The molecule has 1 aromatic rings. The van der Waals surface area contributed by atoms with Gasteiger partial charge in [-0.05, 0) is 32.8 Å². The molecule has 0 amide bonds. The summed E-state index contributed by atoms with van der Waals surface area (Å²) in [6.45, 7) is 4.68. The molecule has 110 valence electrons. The maximum absolute atomic E-state index is 8.96. The van der Waals surface area contributed by atoms with Gasteiger partial charge in [0.15, 0.2) is 11.5 Å². The number of hydrogen-bond donors (Lipinski definition) is 1. The number of hydrogen-bond acceptors (Lipinski definition) is 4. The topological polar surface area (TPSA) is 68.3 Å². The maximum Gasteiger partial charge on any atom is 0.165 e. The molecule has 4 nitrogen and oxygen atoms in total. The Kier molecular flexibility index (Phi) is 6.12. The summed E-state index contributed by atoms with van der Waals surface area (Å²) in [5.41, 5.74) is 6.19. The van der Waals surface area contributed by atoms with Crippen molar-refractivity contribution in [1.82, 2.24) is 0 Å². The predicted octanol–water partition coefficient (Wildman–Crippen LogP) is 3.52. The Morgan fingerprint density at radius 1 is 1.40 bits per heavy atom.